The lowest BCUT2D eigenvalue weighted by atomic mass is 9.93. The van der Waals surface area contributed by atoms with Crippen LogP contribution < -0.4 is 0 Å². The smallest absolute Gasteiger partial charge is 0.334 e. The molecule has 0 saturated heterocycles. The predicted molar refractivity (Wildman–Crippen MR) is 73.9 cm³/mol. The van der Waals surface area contributed by atoms with Gasteiger partial charge in [0.25, 0.3) is 0 Å². The first-order valence-electron chi connectivity index (χ1n) is 5.98. The van der Waals surface area contributed by atoms with Crippen molar-refractivity contribution >= 4 is 12.2 Å². The Kier molecular flexibility index (Phi) is 5.31. The van der Waals surface area contributed by atoms with E-state index in [9.17, 15) is 4.79 Å². The van der Waals surface area contributed by atoms with Crippen LogP contribution in [0.5, 0.6) is 0 Å². The fourth-order valence-corrected chi connectivity index (χ4v) is 1.73. The van der Waals surface area contributed by atoms with Crippen LogP contribution in [0.15, 0.2) is 48.0 Å². The van der Waals surface area contributed by atoms with E-state index in [-0.39, 0.29) is 5.97 Å². The zero-order chi connectivity index (χ0) is 13.4. The first kappa shape index (κ1) is 14.2. The third-order valence-corrected chi connectivity index (χ3v) is 2.89. The van der Waals surface area contributed by atoms with E-state index >= 15 is 0 Å². The SMILES string of the molecule is C=CCC(CC)(/N=C/c1ccccc1)C(=O)OC. The summed E-state index contributed by atoms with van der Waals surface area (Å²) >= 11 is 0. The Hall–Kier alpha value is -1.90. The molecule has 0 aliphatic carbocycles. The van der Waals surface area contributed by atoms with E-state index < -0.39 is 5.54 Å². The highest BCUT2D eigenvalue weighted by molar-refractivity contribution is 5.87. The molecule has 1 aromatic carbocycles. The van der Waals surface area contributed by atoms with Crippen LogP contribution in [0.4, 0.5) is 0 Å². The average molecular weight is 245 g/mol. The lowest BCUT2D eigenvalue weighted by Crippen LogP contribution is -2.37. The van der Waals surface area contributed by atoms with Crippen LogP contribution in [0.3, 0.4) is 0 Å². The number of carbonyl (C=O) groups excluding carboxylic acids is 1. The number of hydrogen-bond acceptors (Lipinski definition) is 3. The molecule has 0 aliphatic heterocycles. The molecule has 0 amide bonds. The minimum Gasteiger partial charge on any atom is -0.467 e. The van der Waals surface area contributed by atoms with Crippen LogP contribution in [-0.2, 0) is 9.53 Å². The number of ether oxygens (including phenoxy) is 1. The van der Waals surface area contributed by atoms with E-state index in [1.165, 1.54) is 7.11 Å². The maximum Gasteiger partial charge on any atom is 0.334 e. The summed E-state index contributed by atoms with van der Waals surface area (Å²) in [5.41, 5.74) is 0.107. The molecule has 0 fully saturated rings. The fourth-order valence-electron chi connectivity index (χ4n) is 1.73. The maximum absolute atomic E-state index is 11.9. The number of nitrogens with zero attached hydrogens (tertiary/aromatic N) is 1. The van der Waals surface area contributed by atoms with Crippen molar-refractivity contribution in [2.75, 3.05) is 7.11 Å². The van der Waals surface area contributed by atoms with Crippen LogP contribution >= 0.6 is 0 Å². The second-order valence-electron chi connectivity index (χ2n) is 4.04. The zero-order valence-corrected chi connectivity index (χ0v) is 10.9. The molecule has 0 N–H and O–H groups in total. The summed E-state index contributed by atoms with van der Waals surface area (Å²) in [4.78, 5) is 16.3. The lowest BCUT2D eigenvalue weighted by Gasteiger charge is -2.23. The monoisotopic (exact) mass is 245 g/mol. The van der Waals surface area contributed by atoms with Gasteiger partial charge in [-0.2, -0.15) is 0 Å². The largest absolute Gasteiger partial charge is 0.467 e. The van der Waals surface area contributed by atoms with Gasteiger partial charge < -0.3 is 4.74 Å². The van der Waals surface area contributed by atoms with E-state index in [1.807, 2.05) is 37.3 Å². The van der Waals surface area contributed by atoms with Gasteiger partial charge in [0, 0.05) is 12.6 Å². The second kappa shape index (κ2) is 6.74. The predicted octanol–water partition coefficient (Wildman–Crippen LogP) is 3.00. The van der Waals surface area contributed by atoms with Crippen molar-refractivity contribution in [2.24, 2.45) is 4.99 Å². The molecule has 0 saturated carbocycles. The number of hydrogen-bond donors (Lipinski definition) is 0. The summed E-state index contributed by atoms with van der Waals surface area (Å²) in [6, 6.07) is 9.68. The van der Waals surface area contributed by atoms with Gasteiger partial charge in [0.2, 0.25) is 0 Å². The fraction of sp³-hybridized carbons (Fsp3) is 0.333. The van der Waals surface area contributed by atoms with E-state index in [0.717, 1.165) is 5.56 Å². The number of benzene rings is 1. The highest BCUT2D eigenvalue weighted by atomic mass is 16.5. The molecular formula is C15H19NO2. The molecule has 0 aliphatic rings. The molecule has 3 nitrogen and oxygen atoms in total. The van der Waals surface area contributed by atoms with Crippen LogP contribution in [0, 0.1) is 0 Å². The molecule has 1 rings (SSSR count). The Balaban J connectivity index is 3.01. The Labute approximate surface area is 108 Å². The highest BCUT2D eigenvalue weighted by Gasteiger charge is 2.35. The molecular weight excluding hydrogens is 226 g/mol. The molecule has 96 valence electrons. The summed E-state index contributed by atoms with van der Waals surface area (Å²) in [6.45, 7) is 5.60. The number of aliphatic imine (C=N–C) groups is 1. The van der Waals surface area contributed by atoms with Crippen LogP contribution in [0.2, 0.25) is 0 Å². The normalized spacial score (nSPS) is 14.1. The Morgan fingerprint density at radius 1 is 1.44 bits per heavy atom. The molecule has 0 spiro atoms. The van der Waals surface area contributed by atoms with Gasteiger partial charge in [0.05, 0.1) is 7.11 Å². The van der Waals surface area contributed by atoms with Gasteiger partial charge in [-0.15, -0.1) is 6.58 Å². The molecule has 0 aromatic heterocycles. The number of methoxy groups -OCH3 is 1. The first-order chi connectivity index (χ1) is 8.68. The number of esters is 1. The van der Waals surface area contributed by atoms with Crippen molar-refractivity contribution in [2.45, 2.75) is 25.3 Å². The summed E-state index contributed by atoms with van der Waals surface area (Å²) < 4.78 is 4.85. The Morgan fingerprint density at radius 3 is 2.61 bits per heavy atom. The summed E-state index contributed by atoms with van der Waals surface area (Å²) in [5.74, 6) is -0.322. The Bertz CT molecular complexity index is 425. The topological polar surface area (TPSA) is 38.7 Å². The van der Waals surface area contributed by atoms with Crippen LogP contribution in [0.25, 0.3) is 0 Å². The summed E-state index contributed by atoms with van der Waals surface area (Å²) in [5, 5.41) is 0. The minimum absolute atomic E-state index is 0.322. The van der Waals surface area contributed by atoms with Crippen LogP contribution in [0.1, 0.15) is 25.3 Å². The quantitative estimate of drug-likeness (QED) is 0.439. The number of carbonyl (C=O) groups is 1. The minimum atomic E-state index is -0.855. The first-order valence-corrected chi connectivity index (χ1v) is 5.98. The van der Waals surface area contributed by atoms with Crippen LogP contribution in [-0.4, -0.2) is 24.8 Å². The van der Waals surface area contributed by atoms with Gasteiger partial charge in [-0.05, 0) is 12.0 Å². The molecule has 3 heteroatoms. The molecule has 0 bridgehead atoms. The van der Waals surface area contributed by atoms with E-state index in [0.29, 0.717) is 12.8 Å². The molecule has 1 aromatic rings. The molecule has 1 atom stereocenters. The highest BCUT2D eigenvalue weighted by Crippen LogP contribution is 2.23. The Morgan fingerprint density at radius 2 is 2.11 bits per heavy atom. The molecule has 1 unspecified atom stereocenters. The van der Waals surface area contributed by atoms with Gasteiger partial charge >= 0.3 is 5.97 Å². The van der Waals surface area contributed by atoms with Crippen molar-refractivity contribution in [1.29, 1.82) is 0 Å². The number of rotatable bonds is 6. The third kappa shape index (κ3) is 3.29. The lowest BCUT2D eigenvalue weighted by molar-refractivity contribution is -0.146. The average Bonchev–Trinajstić information content (AvgIpc) is 2.44. The van der Waals surface area contributed by atoms with Crippen molar-refractivity contribution < 1.29 is 9.53 Å². The molecule has 18 heavy (non-hydrogen) atoms. The van der Waals surface area contributed by atoms with Crippen molar-refractivity contribution in [3.63, 3.8) is 0 Å². The summed E-state index contributed by atoms with van der Waals surface area (Å²) in [6.07, 6.45) is 4.46. The van der Waals surface area contributed by atoms with Gasteiger partial charge in [0.15, 0.2) is 5.54 Å². The van der Waals surface area contributed by atoms with E-state index in [2.05, 4.69) is 11.6 Å². The standard InChI is InChI=1S/C15H19NO2/c1-4-11-15(5-2,14(17)18-3)16-12-13-9-7-6-8-10-13/h4,6-10,12H,1,5,11H2,2-3H3/b16-12+. The molecule has 0 radical (unpaired) electrons. The maximum atomic E-state index is 11.9. The van der Waals surface area contributed by atoms with Gasteiger partial charge in [-0.1, -0.05) is 43.3 Å². The van der Waals surface area contributed by atoms with Crippen molar-refractivity contribution in [3.8, 4) is 0 Å². The van der Waals surface area contributed by atoms with E-state index in [4.69, 9.17) is 4.74 Å². The summed E-state index contributed by atoms with van der Waals surface area (Å²) in [7, 11) is 1.38. The second-order valence-corrected chi connectivity index (χ2v) is 4.04. The van der Waals surface area contributed by atoms with Crippen molar-refractivity contribution in [3.05, 3.63) is 48.6 Å². The molecule has 0 heterocycles. The van der Waals surface area contributed by atoms with Gasteiger partial charge in [-0.25, -0.2) is 4.79 Å². The third-order valence-electron chi connectivity index (χ3n) is 2.89. The van der Waals surface area contributed by atoms with Gasteiger partial charge in [-0.3, -0.25) is 4.99 Å². The van der Waals surface area contributed by atoms with E-state index in [1.54, 1.807) is 12.3 Å². The van der Waals surface area contributed by atoms with Crippen molar-refractivity contribution in [1.82, 2.24) is 0 Å². The zero-order valence-electron chi connectivity index (χ0n) is 10.9. The van der Waals surface area contributed by atoms with Gasteiger partial charge in [0.1, 0.15) is 0 Å².